The minimum atomic E-state index is -1.52. The summed E-state index contributed by atoms with van der Waals surface area (Å²) >= 11 is 0. The molecule has 3 aromatic rings. The zero-order chi connectivity index (χ0) is 30.2. The van der Waals surface area contributed by atoms with E-state index in [2.05, 4.69) is 25.1 Å². The summed E-state index contributed by atoms with van der Waals surface area (Å²) in [7, 11) is 4.00. The van der Waals surface area contributed by atoms with E-state index in [1.165, 1.54) is 57.7 Å². The number of nitrogens with one attached hydrogen (secondary N) is 1. The molecule has 226 valence electrons. The monoisotopic (exact) mass is 627 g/mol. The van der Waals surface area contributed by atoms with Crippen molar-refractivity contribution >= 4 is 50.6 Å². The minimum Gasteiger partial charge on any atom is -0.448 e. The highest BCUT2D eigenvalue weighted by Gasteiger charge is 2.47. The van der Waals surface area contributed by atoms with E-state index in [-0.39, 0.29) is 36.7 Å². The van der Waals surface area contributed by atoms with Gasteiger partial charge in [0.05, 0.1) is 12.9 Å². The van der Waals surface area contributed by atoms with Crippen LogP contribution in [0.25, 0.3) is 11.2 Å². The lowest BCUT2D eigenvalue weighted by molar-refractivity contribution is -0.756. The summed E-state index contributed by atoms with van der Waals surface area (Å²) in [6, 6.07) is 5.61. The van der Waals surface area contributed by atoms with Crippen LogP contribution in [0.3, 0.4) is 0 Å². The van der Waals surface area contributed by atoms with Crippen molar-refractivity contribution in [3.8, 4) is 0 Å². The Balaban J connectivity index is 1.54. The number of carbonyl (C=O) groups is 2. The maximum Gasteiger partial charge on any atom is 0.415 e. The van der Waals surface area contributed by atoms with Gasteiger partial charge in [0.1, 0.15) is 37.6 Å². The molecule has 3 N–H and O–H groups in total. The fourth-order valence-corrected chi connectivity index (χ4v) is 5.66. The second kappa shape index (κ2) is 14.4. The molecule has 0 radical (unpaired) electrons. The molecule has 1 fully saturated rings. The molecule has 0 aliphatic carbocycles. The van der Waals surface area contributed by atoms with Gasteiger partial charge < -0.3 is 29.8 Å². The third-order valence-corrected chi connectivity index (χ3v) is 8.23. The zero-order valence-electron chi connectivity index (χ0n) is 21.9. The number of hydrogen-bond donors (Lipinski definition) is 3. The van der Waals surface area contributed by atoms with Crippen molar-refractivity contribution < 1.29 is 43.6 Å². The van der Waals surface area contributed by atoms with Crippen LogP contribution in [0.5, 0.6) is 0 Å². The number of aliphatic hydroxyl groups is 2. The molecule has 1 aromatic carbocycles. The molecule has 2 aromatic heterocycles. The Hall–Kier alpha value is -3.78. The Morgan fingerprint density at radius 2 is 1.98 bits per heavy atom. The molecule has 1 unspecified atom stereocenters. The molecule has 19 heteroatoms. The standard InChI is InChI=1S/C23H26FN7O9S2/c1-25-21(34)18-16(32)17(33)22(40-18)30-12-28-15-19(26-11-27-20(15)30)29(10-13-3-2-4-14(24)9-13)23(35)38-5-7-41-42-8-6-39-31(36)37/h2-4,9,11-12,16-18,22,32-33H,5-8,10H2,1H3,(H,25,34)/t16-,17+,18-,22?/m0/s1. The van der Waals surface area contributed by atoms with Crippen molar-refractivity contribution in [3.05, 3.63) is 58.4 Å². The highest BCUT2D eigenvalue weighted by molar-refractivity contribution is 8.76. The van der Waals surface area contributed by atoms with Crippen LogP contribution in [0.15, 0.2) is 36.9 Å². The van der Waals surface area contributed by atoms with Crippen LogP contribution in [0.2, 0.25) is 0 Å². The lowest BCUT2D eigenvalue weighted by Gasteiger charge is -2.22. The number of aromatic nitrogens is 4. The van der Waals surface area contributed by atoms with Crippen LogP contribution < -0.4 is 10.2 Å². The molecule has 16 nitrogen and oxygen atoms in total. The summed E-state index contributed by atoms with van der Waals surface area (Å²) in [6.07, 6.45) is -4.01. The number of amides is 2. The van der Waals surface area contributed by atoms with Crippen LogP contribution >= 0.6 is 21.6 Å². The molecule has 4 rings (SSSR count). The average Bonchev–Trinajstić information content (AvgIpc) is 3.53. The van der Waals surface area contributed by atoms with E-state index in [4.69, 9.17) is 9.47 Å². The topological polar surface area (TPSA) is 204 Å². The minimum absolute atomic E-state index is 0.0165. The van der Waals surface area contributed by atoms with E-state index in [9.17, 15) is 34.3 Å². The second-order valence-corrected chi connectivity index (χ2v) is 11.3. The Morgan fingerprint density at radius 3 is 2.69 bits per heavy atom. The number of anilines is 1. The van der Waals surface area contributed by atoms with Gasteiger partial charge in [-0.2, -0.15) is 0 Å². The summed E-state index contributed by atoms with van der Waals surface area (Å²) in [6.45, 7) is -0.234. The predicted octanol–water partition coefficient (Wildman–Crippen LogP) is 1.06. The van der Waals surface area contributed by atoms with E-state index >= 15 is 0 Å². The zero-order valence-corrected chi connectivity index (χ0v) is 23.6. The number of carbonyl (C=O) groups excluding carboxylic acids is 2. The molecule has 0 bridgehead atoms. The molecular formula is C23H26FN7O9S2. The lowest BCUT2D eigenvalue weighted by atomic mass is 10.1. The van der Waals surface area contributed by atoms with Crippen LogP contribution in [-0.4, -0.2) is 96.9 Å². The number of aliphatic hydroxyl groups excluding tert-OH is 2. The fraction of sp³-hybridized carbons (Fsp3) is 0.435. The predicted molar refractivity (Wildman–Crippen MR) is 147 cm³/mol. The molecule has 0 spiro atoms. The average molecular weight is 628 g/mol. The lowest BCUT2D eigenvalue weighted by Crippen LogP contribution is -2.41. The molecule has 4 atom stereocenters. The number of nitrogens with zero attached hydrogens (tertiary/aromatic N) is 6. The summed E-state index contributed by atoms with van der Waals surface area (Å²) in [5, 5.41) is 32.6. The molecule has 42 heavy (non-hydrogen) atoms. The maximum atomic E-state index is 13.9. The first-order valence-electron chi connectivity index (χ1n) is 12.3. The van der Waals surface area contributed by atoms with Crippen molar-refractivity contribution in [3.63, 3.8) is 0 Å². The second-order valence-electron chi connectivity index (χ2n) is 8.60. The first-order chi connectivity index (χ1) is 20.2. The maximum absolute atomic E-state index is 13.9. The summed E-state index contributed by atoms with van der Waals surface area (Å²) in [5.41, 5.74) is 0.657. The quantitative estimate of drug-likeness (QED) is 0.105. The third-order valence-electron chi connectivity index (χ3n) is 5.90. The van der Waals surface area contributed by atoms with Gasteiger partial charge in [0.2, 0.25) is 0 Å². The van der Waals surface area contributed by atoms with Gasteiger partial charge in [-0.3, -0.25) is 14.3 Å². The van der Waals surface area contributed by atoms with E-state index in [1.54, 1.807) is 6.07 Å². The van der Waals surface area contributed by atoms with Gasteiger partial charge >= 0.3 is 6.09 Å². The molecule has 1 aliphatic rings. The van der Waals surface area contributed by atoms with Crippen molar-refractivity contribution in [2.24, 2.45) is 0 Å². The highest BCUT2D eigenvalue weighted by Crippen LogP contribution is 2.33. The first-order valence-corrected chi connectivity index (χ1v) is 14.8. The number of rotatable bonds is 13. The van der Waals surface area contributed by atoms with E-state index in [0.717, 1.165) is 11.2 Å². The first kappa shape index (κ1) is 31.2. The number of likely N-dealkylation sites (N-methyl/N-ethyl adjacent to an activating group) is 1. The largest absolute Gasteiger partial charge is 0.448 e. The van der Waals surface area contributed by atoms with Crippen LogP contribution in [0.1, 0.15) is 11.8 Å². The Morgan fingerprint density at radius 1 is 1.21 bits per heavy atom. The summed E-state index contributed by atoms with van der Waals surface area (Å²) in [4.78, 5) is 53.6. The normalized spacial score (nSPS) is 19.9. The van der Waals surface area contributed by atoms with E-state index in [1.807, 2.05) is 0 Å². The van der Waals surface area contributed by atoms with Gasteiger partial charge in [-0.25, -0.2) is 24.1 Å². The van der Waals surface area contributed by atoms with E-state index < -0.39 is 47.4 Å². The molecule has 0 saturated carbocycles. The van der Waals surface area contributed by atoms with Gasteiger partial charge in [0.25, 0.3) is 11.0 Å². The smallest absolute Gasteiger partial charge is 0.415 e. The fourth-order valence-electron chi connectivity index (χ4n) is 4.02. The number of benzene rings is 1. The summed E-state index contributed by atoms with van der Waals surface area (Å²) in [5.74, 6) is -0.406. The van der Waals surface area contributed by atoms with Crippen molar-refractivity contribution in [2.45, 2.75) is 31.1 Å². The Labute approximate surface area is 245 Å². The highest BCUT2D eigenvalue weighted by atomic mass is 33.1. The van der Waals surface area contributed by atoms with Crippen molar-refractivity contribution in [1.82, 2.24) is 24.8 Å². The van der Waals surface area contributed by atoms with Gasteiger partial charge in [0, 0.05) is 18.6 Å². The Bertz CT molecular complexity index is 1420. The van der Waals surface area contributed by atoms with E-state index in [0.29, 0.717) is 17.1 Å². The summed E-state index contributed by atoms with van der Waals surface area (Å²) < 4.78 is 26.3. The van der Waals surface area contributed by atoms with Crippen LogP contribution in [0.4, 0.5) is 15.0 Å². The number of imidazole rings is 1. The Kier molecular flexibility index (Phi) is 10.7. The van der Waals surface area contributed by atoms with Crippen molar-refractivity contribution in [2.75, 3.05) is 36.7 Å². The van der Waals surface area contributed by atoms with Gasteiger partial charge in [0.15, 0.2) is 29.3 Å². The van der Waals surface area contributed by atoms with Gasteiger partial charge in [-0.05, 0) is 17.7 Å². The number of hydrogen-bond acceptors (Lipinski definition) is 14. The van der Waals surface area contributed by atoms with Gasteiger partial charge in [-0.1, -0.05) is 33.7 Å². The van der Waals surface area contributed by atoms with Crippen molar-refractivity contribution in [1.29, 1.82) is 0 Å². The van der Waals surface area contributed by atoms with Crippen LogP contribution in [0, 0.1) is 15.9 Å². The third kappa shape index (κ3) is 7.34. The SMILES string of the molecule is CNC(=O)[C@H]1OC(n2cnc3c(N(Cc4cccc(F)c4)C(=O)OCCSSCCO[N+](=O)[O-])ncnc32)[C@H](O)[C@@H]1O. The van der Waals surface area contributed by atoms with Gasteiger partial charge in [-0.15, -0.1) is 10.1 Å². The molecule has 1 saturated heterocycles. The number of fused-ring (bicyclic) bond motifs is 1. The number of ether oxygens (including phenoxy) is 2. The molecule has 2 amide bonds. The molecule has 3 heterocycles. The molecular weight excluding hydrogens is 601 g/mol. The number of halogens is 1. The molecule has 1 aliphatic heterocycles. The van der Waals surface area contributed by atoms with Crippen LogP contribution in [-0.2, 0) is 25.7 Å².